The first-order valence-electron chi connectivity index (χ1n) is 12.6. The lowest BCUT2D eigenvalue weighted by Gasteiger charge is -2.34. The smallest absolute Gasteiger partial charge is 0.417 e. The van der Waals surface area contributed by atoms with E-state index in [0.29, 0.717) is 17.1 Å². The van der Waals surface area contributed by atoms with Crippen molar-refractivity contribution in [2.45, 2.75) is 11.1 Å². The van der Waals surface area contributed by atoms with Crippen LogP contribution in [0, 0.1) is 0 Å². The molecule has 10 nitrogen and oxygen atoms in total. The minimum Gasteiger partial charge on any atom is -0.495 e. The predicted molar refractivity (Wildman–Crippen MR) is 147 cm³/mol. The van der Waals surface area contributed by atoms with Crippen LogP contribution >= 0.6 is 0 Å². The molecule has 1 aliphatic rings. The molecule has 14 heteroatoms. The summed E-state index contributed by atoms with van der Waals surface area (Å²) < 4.78 is 72.7. The number of piperazine rings is 1. The summed E-state index contributed by atoms with van der Waals surface area (Å²) in [6.45, 7) is 0.661. The summed E-state index contributed by atoms with van der Waals surface area (Å²) in [7, 11) is -2.71. The van der Waals surface area contributed by atoms with E-state index < -0.39 is 27.7 Å². The fraction of sp³-hybridized carbons (Fsp3) is 0.214. The maximum absolute atomic E-state index is 13.2. The number of carbonyl (C=O) groups is 2. The largest absolute Gasteiger partial charge is 0.495 e. The molecule has 0 aliphatic carbocycles. The zero-order valence-electron chi connectivity index (χ0n) is 22.1. The number of alkyl halides is 3. The van der Waals surface area contributed by atoms with Crippen LogP contribution in [0.15, 0.2) is 78.0 Å². The molecule has 0 spiro atoms. The Morgan fingerprint density at radius 3 is 2.24 bits per heavy atom. The molecule has 5 rings (SSSR count). The molecule has 2 aromatic carbocycles. The number of hydrogen-bond acceptors (Lipinski definition) is 7. The van der Waals surface area contributed by atoms with Gasteiger partial charge >= 0.3 is 6.18 Å². The number of ether oxygens (including phenoxy) is 1. The van der Waals surface area contributed by atoms with Gasteiger partial charge in [-0.1, -0.05) is 18.2 Å². The van der Waals surface area contributed by atoms with Crippen LogP contribution in [0.3, 0.4) is 0 Å². The lowest BCUT2D eigenvalue weighted by atomic mass is 10.1. The zero-order valence-corrected chi connectivity index (χ0v) is 22.9. The summed E-state index contributed by atoms with van der Waals surface area (Å²) in [5.41, 5.74) is -0.392. The third-order valence-electron chi connectivity index (χ3n) is 6.74. The highest BCUT2D eigenvalue weighted by Crippen LogP contribution is 2.31. The summed E-state index contributed by atoms with van der Waals surface area (Å²) >= 11 is 0. The number of sulfonamides is 1. The Morgan fingerprint density at radius 1 is 0.905 bits per heavy atom. The highest BCUT2D eigenvalue weighted by molar-refractivity contribution is 7.93. The number of fused-ring (bicyclic) bond motifs is 1. The molecule has 0 radical (unpaired) electrons. The van der Waals surface area contributed by atoms with Crippen molar-refractivity contribution >= 4 is 38.4 Å². The fourth-order valence-corrected chi connectivity index (χ4v) is 5.80. The van der Waals surface area contributed by atoms with Crippen LogP contribution in [-0.4, -0.2) is 73.3 Å². The predicted octanol–water partition coefficient (Wildman–Crippen LogP) is 4.06. The number of anilines is 1. The molecular formula is C28H24F3N5O5S. The van der Waals surface area contributed by atoms with Gasteiger partial charge in [-0.05, 0) is 42.5 Å². The first-order chi connectivity index (χ1) is 20.0. The van der Waals surface area contributed by atoms with Crippen LogP contribution in [0.25, 0.3) is 10.9 Å². The monoisotopic (exact) mass is 599 g/mol. The Balaban J connectivity index is 1.26. The van der Waals surface area contributed by atoms with E-state index in [4.69, 9.17) is 4.74 Å². The number of pyridine rings is 2. The van der Waals surface area contributed by atoms with Gasteiger partial charge in [-0.3, -0.25) is 24.3 Å². The second-order valence-electron chi connectivity index (χ2n) is 9.37. The van der Waals surface area contributed by atoms with Crippen molar-refractivity contribution < 1.29 is 35.9 Å². The molecule has 1 saturated heterocycles. The van der Waals surface area contributed by atoms with E-state index in [1.165, 1.54) is 47.4 Å². The molecule has 3 heterocycles. The first kappa shape index (κ1) is 28.8. The zero-order chi connectivity index (χ0) is 30.1. The van der Waals surface area contributed by atoms with E-state index in [1.54, 1.807) is 24.3 Å². The van der Waals surface area contributed by atoms with Gasteiger partial charge in [0.1, 0.15) is 16.3 Å². The summed E-state index contributed by atoms with van der Waals surface area (Å²) in [5.74, 6) is -0.768. The lowest BCUT2D eigenvalue weighted by Crippen LogP contribution is -2.50. The van der Waals surface area contributed by atoms with Crippen molar-refractivity contribution in [1.29, 1.82) is 0 Å². The molecule has 1 aliphatic heterocycles. The average Bonchev–Trinajstić information content (AvgIpc) is 2.99. The van der Waals surface area contributed by atoms with E-state index in [-0.39, 0.29) is 59.7 Å². The molecule has 0 bridgehead atoms. The van der Waals surface area contributed by atoms with E-state index in [1.807, 2.05) is 0 Å². The number of nitrogens with one attached hydrogen (secondary N) is 1. The number of hydrogen-bond donors (Lipinski definition) is 1. The van der Waals surface area contributed by atoms with Gasteiger partial charge in [-0.25, -0.2) is 8.42 Å². The summed E-state index contributed by atoms with van der Waals surface area (Å²) in [5, 5.41) is 0.658. The second-order valence-corrected chi connectivity index (χ2v) is 11.0. The molecule has 1 N–H and O–H groups in total. The van der Waals surface area contributed by atoms with Gasteiger partial charge in [0.25, 0.3) is 21.8 Å². The number of halogens is 3. The van der Waals surface area contributed by atoms with Gasteiger partial charge in [0.05, 0.1) is 23.9 Å². The van der Waals surface area contributed by atoms with E-state index in [2.05, 4.69) is 14.7 Å². The van der Waals surface area contributed by atoms with Gasteiger partial charge in [-0.2, -0.15) is 13.2 Å². The fourth-order valence-electron chi connectivity index (χ4n) is 4.55. The lowest BCUT2D eigenvalue weighted by molar-refractivity contribution is -0.137. The standard InChI is InChI=1S/C28H24F3N5O5S/c1-41-23-16-19(7-9-21(23)34-42(39,40)24-6-2-4-18-5-3-11-32-25(18)24)26(37)35-12-14-36(15-13-35)27(38)22-10-8-20(17-33-22)28(29,30)31/h2-11,16-17,34H,12-15H2,1H3. The van der Waals surface area contributed by atoms with Crippen molar-refractivity contribution in [1.82, 2.24) is 19.8 Å². The number of benzene rings is 2. The van der Waals surface area contributed by atoms with Crippen LogP contribution in [0.1, 0.15) is 26.4 Å². The molecule has 0 unspecified atom stereocenters. The number of aromatic nitrogens is 2. The van der Waals surface area contributed by atoms with Crippen LogP contribution < -0.4 is 9.46 Å². The Hall–Kier alpha value is -4.72. The Morgan fingerprint density at radius 2 is 1.60 bits per heavy atom. The Labute approximate surface area is 238 Å². The molecule has 1 fully saturated rings. The number of para-hydroxylation sites is 1. The minimum atomic E-state index is -4.56. The number of methoxy groups -OCH3 is 1. The second kappa shape index (κ2) is 11.3. The number of amides is 2. The molecule has 2 amide bonds. The normalized spacial score (nSPS) is 14.1. The molecule has 4 aromatic rings. The van der Waals surface area contributed by atoms with Gasteiger partial charge < -0.3 is 14.5 Å². The Bertz CT molecular complexity index is 1750. The van der Waals surface area contributed by atoms with E-state index in [0.717, 1.165) is 12.1 Å². The molecule has 2 aromatic heterocycles. The van der Waals surface area contributed by atoms with Crippen LogP contribution in [-0.2, 0) is 16.2 Å². The molecule has 42 heavy (non-hydrogen) atoms. The van der Waals surface area contributed by atoms with Crippen molar-refractivity contribution in [2.24, 2.45) is 0 Å². The van der Waals surface area contributed by atoms with E-state index >= 15 is 0 Å². The van der Waals surface area contributed by atoms with Gasteiger partial charge in [-0.15, -0.1) is 0 Å². The quantitative estimate of drug-likeness (QED) is 0.355. The molecule has 0 atom stereocenters. The van der Waals surface area contributed by atoms with Crippen LogP contribution in [0.2, 0.25) is 0 Å². The molecular weight excluding hydrogens is 575 g/mol. The summed E-state index contributed by atoms with van der Waals surface area (Å²) in [6, 6.07) is 14.4. The summed E-state index contributed by atoms with van der Waals surface area (Å²) in [6.07, 6.45) is -2.44. The van der Waals surface area contributed by atoms with Gasteiger partial charge in [0, 0.05) is 49.5 Å². The average molecular weight is 600 g/mol. The van der Waals surface area contributed by atoms with Crippen LogP contribution in [0.5, 0.6) is 5.75 Å². The number of nitrogens with zero attached hydrogens (tertiary/aromatic N) is 4. The minimum absolute atomic E-state index is 0.0123. The van der Waals surface area contributed by atoms with Gasteiger partial charge in [0.15, 0.2) is 0 Å². The summed E-state index contributed by atoms with van der Waals surface area (Å²) in [4.78, 5) is 36.7. The van der Waals surface area contributed by atoms with Crippen molar-refractivity contribution in [3.05, 3.63) is 89.9 Å². The third-order valence-corrected chi connectivity index (χ3v) is 8.14. The highest BCUT2D eigenvalue weighted by atomic mass is 32.2. The van der Waals surface area contributed by atoms with Crippen molar-refractivity contribution in [3.8, 4) is 5.75 Å². The topological polar surface area (TPSA) is 122 Å². The Kier molecular flexibility index (Phi) is 7.73. The third kappa shape index (κ3) is 5.84. The van der Waals surface area contributed by atoms with Crippen molar-refractivity contribution in [3.63, 3.8) is 0 Å². The van der Waals surface area contributed by atoms with Gasteiger partial charge in [0.2, 0.25) is 0 Å². The van der Waals surface area contributed by atoms with E-state index in [9.17, 15) is 31.2 Å². The highest BCUT2D eigenvalue weighted by Gasteiger charge is 2.32. The maximum atomic E-state index is 13.2. The molecule has 0 saturated carbocycles. The maximum Gasteiger partial charge on any atom is 0.417 e. The number of rotatable bonds is 6. The van der Waals surface area contributed by atoms with Crippen LogP contribution in [0.4, 0.5) is 18.9 Å². The molecule has 218 valence electrons. The van der Waals surface area contributed by atoms with Crippen molar-refractivity contribution in [2.75, 3.05) is 38.0 Å². The number of carbonyl (C=O) groups excluding carboxylic acids is 2. The first-order valence-corrected chi connectivity index (χ1v) is 14.1. The SMILES string of the molecule is COc1cc(C(=O)N2CCN(C(=O)c3ccc(C(F)(F)F)cn3)CC2)ccc1NS(=O)(=O)c1cccc2cccnc12.